The summed E-state index contributed by atoms with van der Waals surface area (Å²) in [6.07, 6.45) is 0. The first kappa shape index (κ1) is 17.1. The molecule has 0 aliphatic heterocycles. The Morgan fingerprint density at radius 1 is 0.960 bits per heavy atom. The number of benzene rings is 3. The molecular weight excluding hydrogens is 326 g/mol. The number of thioether (sulfide) groups is 1. The van der Waals surface area contributed by atoms with Crippen molar-refractivity contribution in [2.75, 3.05) is 0 Å². The predicted octanol–water partition coefficient (Wildman–Crippen LogP) is 5.62. The molecule has 3 heteroatoms. The number of fused-ring (bicyclic) bond motifs is 1. The van der Waals surface area contributed by atoms with Crippen molar-refractivity contribution in [3.63, 3.8) is 0 Å². The molecule has 0 saturated carbocycles. The molecule has 0 aliphatic carbocycles. The van der Waals surface area contributed by atoms with Gasteiger partial charge in [0.1, 0.15) is 0 Å². The van der Waals surface area contributed by atoms with Gasteiger partial charge in [0, 0.05) is 15.9 Å². The molecule has 3 aromatic carbocycles. The summed E-state index contributed by atoms with van der Waals surface area (Å²) in [5.74, 6) is -0.172. The van der Waals surface area contributed by atoms with Gasteiger partial charge in [0.2, 0.25) is 0 Å². The lowest BCUT2D eigenvalue weighted by Crippen LogP contribution is -2.22. The van der Waals surface area contributed by atoms with Crippen LogP contribution in [0.5, 0.6) is 0 Å². The van der Waals surface area contributed by atoms with Crippen LogP contribution in [0.1, 0.15) is 12.5 Å². The monoisotopic (exact) mass is 345 g/mol. The Balaban J connectivity index is 1.88. The number of rotatable bonds is 5. The highest BCUT2D eigenvalue weighted by Gasteiger charge is 2.07. The van der Waals surface area contributed by atoms with E-state index in [2.05, 4.69) is 42.2 Å². The number of hydrogen-bond acceptors (Lipinski definition) is 2. The molecule has 0 heterocycles. The van der Waals surface area contributed by atoms with Crippen molar-refractivity contribution in [1.82, 2.24) is 5.32 Å². The zero-order valence-electron chi connectivity index (χ0n) is 14.0. The highest BCUT2D eigenvalue weighted by molar-refractivity contribution is 8.02. The first-order chi connectivity index (χ1) is 12.1. The maximum atomic E-state index is 12.1. The summed E-state index contributed by atoms with van der Waals surface area (Å²) in [6.45, 7) is 5.41. The normalized spacial score (nSPS) is 11.3. The maximum absolute atomic E-state index is 12.1. The Morgan fingerprint density at radius 2 is 1.64 bits per heavy atom. The van der Waals surface area contributed by atoms with Crippen molar-refractivity contribution in [2.24, 2.45) is 0 Å². The van der Waals surface area contributed by atoms with Crippen LogP contribution in [0.25, 0.3) is 16.5 Å². The van der Waals surface area contributed by atoms with Gasteiger partial charge in [-0.3, -0.25) is 4.79 Å². The number of amides is 1. The number of hydrogen-bond donors (Lipinski definition) is 1. The summed E-state index contributed by atoms with van der Waals surface area (Å²) in [7, 11) is 0. The largest absolute Gasteiger partial charge is 0.321 e. The first-order valence-electron chi connectivity index (χ1n) is 8.01. The van der Waals surface area contributed by atoms with Gasteiger partial charge in [-0.25, -0.2) is 0 Å². The fraction of sp³-hybridized carbons (Fsp3) is 0.0455. The van der Waals surface area contributed by atoms with Gasteiger partial charge in [0.25, 0.3) is 5.91 Å². The molecule has 25 heavy (non-hydrogen) atoms. The second kappa shape index (κ2) is 7.86. The Bertz CT molecular complexity index is 944. The van der Waals surface area contributed by atoms with Crippen LogP contribution in [-0.2, 0) is 4.79 Å². The van der Waals surface area contributed by atoms with E-state index in [1.165, 1.54) is 10.8 Å². The average molecular weight is 345 g/mol. The van der Waals surface area contributed by atoms with Crippen LogP contribution in [0.4, 0.5) is 0 Å². The van der Waals surface area contributed by atoms with Crippen molar-refractivity contribution < 1.29 is 4.79 Å². The van der Waals surface area contributed by atoms with Gasteiger partial charge in [0.05, 0.1) is 5.70 Å². The third kappa shape index (κ3) is 4.40. The quantitative estimate of drug-likeness (QED) is 0.480. The molecule has 0 fully saturated rings. The van der Waals surface area contributed by atoms with Crippen molar-refractivity contribution in [3.8, 4) is 0 Å². The van der Waals surface area contributed by atoms with E-state index in [1.54, 1.807) is 18.7 Å². The Labute approximate surface area is 152 Å². The highest BCUT2D eigenvalue weighted by Crippen LogP contribution is 2.27. The SMILES string of the molecule is C=C(C)C(=O)N/C(=C\Sc1ccc2ccccc2c1)c1ccccc1. The minimum absolute atomic E-state index is 0.172. The van der Waals surface area contributed by atoms with E-state index in [-0.39, 0.29) is 5.91 Å². The summed E-state index contributed by atoms with van der Waals surface area (Å²) >= 11 is 1.59. The lowest BCUT2D eigenvalue weighted by atomic mass is 10.1. The molecule has 2 nitrogen and oxygen atoms in total. The first-order valence-corrected chi connectivity index (χ1v) is 8.89. The van der Waals surface area contributed by atoms with Gasteiger partial charge in [-0.2, -0.15) is 0 Å². The van der Waals surface area contributed by atoms with E-state index in [9.17, 15) is 4.79 Å². The topological polar surface area (TPSA) is 29.1 Å². The van der Waals surface area contributed by atoms with E-state index in [1.807, 2.05) is 47.9 Å². The van der Waals surface area contributed by atoms with Crippen LogP contribution in [0.3, 0.4) is 0 Å². The van der Waals surface area contributed by atoms with E-state index < -0.39 is 0 Å². The van der Waals surface area contributed by atoms with Gasteiger partial charge in [-0.15, -0.1) is 0 Å². The molecular formula is C22H19NOS. The van der Waals surface area contributed by atoms with Gasteiger partial charge < -0.3 is 5.32 Å². The van der Waals surface area contributed by atoms with Crippen LogP contribution in [0.2, 0.25) is 0 Å². The third-order valence-corrected chi connectivity index (χ3v) is 4.63. The predicted molar refractivity (Wildman–Crippen MR) is 107 cm³/mol. The van der Waals surface area contributed by atoms with E-state index in [0.717, 1.165) is 16.2 Å². The van der Waals surface area contributed by atoms with Crippen LogP contribution in [-0.4, -0.2) is 5.91 Å². The summed E-state index contributed by atoms with van der Waals surface area (Å²) in [6, 6.07) is 24.5. The molecule has 0 unspecified atom stereocenters. The zero-order chi connectivity index (χ0) is 17.6. The molecule has 3 rings (SSSR count). The molecule has 0 radical (unpaired) electrons. The summed E-state index contributed by atoms with van der Waals surface area (Å²) < 4.78 is 0. The molecule has 0 atom stereocenters. The summed E-state index contributed by atoms with van der Waals surface area (Å²) in [4.78, 5) is 13.2. The van der Waals surface area contributed by atoms with E-state index in [0.29, 0.717) is 5.57 Å². The van der Waals surface area contributed by atoms with Crippen molar-refractivity contribution >= 4 is 34.1 Å². The summed E-state index contributed by atoms with van der Waals surface area (Å²) in [5.41, 5.74) is 2.22. The molecule has 0 saturated heterocycles. The number of carbonyl (C=O) groups excluding carboxylic acids is 1. The third-order valence-electron chi connectivity index (χ3n) is 3.75. The zero-order valence-corrected chi connectivity index (χ0v) is 14.8. The van der Waals surface area contributed by atoms with Crippen LogP contribution < -0.4 is 5.32 Å². The summed E-state index contributed by atoms with van der Waals surface area (Å²) in [5, 5.41) is 7.33. The fourth-order valence-electron chi connectivity index (χ4n) is 2.38. The molecule has 0 aromatic heterocycles. The van der Waals surface area contributed by atoms with Crippen LogP contribution in [0, 0.1) is 0 Å². The van der Waals surface area contributed by atoms with Crippen molar-refractivity contribution in [1.29, 1.82) is 0 Å². The van der Waals surface area contributed by atoms with Gasteiger partial charge >= 0.3 is 0 Å². The van der Waals surface area contributed by atoms with Crippen LogP contribution >= 0.6 is 11.8 Å². The fourth-order valence-corrected chi connectivity index (χ4v) is 3.17. The lowest BCUT2D eigenvalue weighted by Gasteiger charge is -2.10. The Morgan fingerprint density at radius 3 is 2.36 bits per heavy atom. The Hall–Kier alpha value is -2.78. The smallest absolute Gasteiger partial charge is 0.250 e. The molecule has 1 N–H and O–H groups in total. The van der Waals surface area contributed by atoms with Crippen LogP contribution in [0.15, 0.2) is 95.3 Å². The molecule has 1 amide bonds. The maximum Gasteiger partial charge on any atom is 0.250 e. The van der Waals surface area contributed by atoms with E-state index in [4.69, 9.17) is 0 Å². The minimum Gasteiger partial charge on any atom is -0.321 e. The van der Waals surface area contributed by atoms with Gasteiger partial charge in [0.15, 0.2) is 0 Å². The van der Waals surface area contributed by atoms with E-state index >= 15 is 0 Å². The molecule has 0 aliphatic rings. The molecule has 124 valence electrons. The number of carbonyl (C=O) groups is 1. The lowest BCUT2D eigenvalue weighted by molar-refractivity contribution is -0.116. The minimum atomic E-state index is -0.172. The van der Waals surface area contributed by atoms with Crippen molar-refractivity contribution in [3.05, 3.63) is 95.9 Å². The molecule has 3 aromatic rings. The second-order valence-corrected chi connectivity index (χ2v) is 6.70. The van der Waals surface area contributed by atoms with Crippen molar-refractivity contribution in [2.45, 2.75) is 11.8 Å². The second-order valence-electron chi connectivity index (χ2n) is 5.76. The van der Waals surface area contributed by atoms with Gasteiger partial charge in [-0.05, 0) is 35.4 Å². The van der Waals surface area contributed by atoms with Gasteiger partial charge in [-0.1, -0.05) is 79.0 Å². The standard InChI is InChI=1S/C22H19NOS/c1-16(2)22(24)23-21(18-9-4-3-5-10-18)15-25-20-13-12-17-8-6-7-11-19(17)14-20/h3-15H,1H2,2H3,(H,23,24)/b21-15-. The highest BCUT2D eigenvalue weighted by atomic mass is 32.2. The number of nitrogens with one attached hydrogen (secondary N) is 1. The average Bonchev–Trinajstić information content (AvgIpc) is 2.65. The molecule has 0 spiro atoms. The Kier molecular flexibility index (Phi) is 5.36. The molecule has 0 bridgehead atoms.